The number of benzene rings is 1. The van der Waals surface area contributed by atoms with E-state index in [9.17, 15) is 13.2 Å². The summed E-state index contributed by atoms with van der Waals surface area (Å²) in [6, 6.07) is 6.38. The third-order valence-electron chi connectivity index (χ3n) is 1.94. The van der Waals surface area contributed by atoms with Gasteiger partial charge in [-0.05, 0) is 17.7 Å². The molecule has 0 amide bonds. The first kappa shape index (κ1) is 13.3. The maximum atomic E-state index is 12.3. The van der Waals surface area contributed by atoms with Gasteiger partial charge in [0.1, 0.15) is 0 Å². The minimum absolute atomic E-state index is 0.140. The molecule has 0 aliphatic carbocycles. The van der Waals surface area contributed by atoms with Crippen molar-refractivity contribution in [2.24, 2.45) is 5.73 Å². The monoisotopic (exact) mass is 253 g/mol. The van der Waals surface area contributed by atoms with Gasteiger partial charge >= 0.3 is 6.18 Å². The van der Waals surface area contributed by atoms with Crippen LogP contribution in [0.5, 0.6) is 0 Å². The van der Waals surface area contributed by atoms with Gasteiger partial charge < -0.3 is 10.5 Å². The van der Waals surface area contributed by atoms with E-state index in [0.717, 1.165) is 0 Å². The molecule has 0 bridgehead atoms. The normalized spacial score (nSPS) is 13.8. The highest BCUT2D eigenvalue weighted by Gasteiger charge is 2.39. The first-order valence-electron chi connectivity index (χ1n) is 4.56. The van der Waals surface area contributed by atoms with Gasteiger partial charge in [0.15, 0.2) is 6.10 Å². The van der Waals surface area contributed by atoms with E-state index in [1.54, 1.807) is 24.3 Å². The predicted octanol–water partition coefficient (Wildman–Crippen LogP) is 2.75. The summed E-state index contributed by atoms with van der Waals surface area (Å²) in [5.74, 6) is 0. The molecule has 1 aromatic carbocycles. The SMILES string of the molecule is NCC(OCc1ccc(Cl)cc1)C(F)(F)F. The molecule has 2 nitrogen and oxygen atoms in total. The molecule has 16 heavy (non-hydrogen) atoms. The molecule has 0 aromatic heterocycles. The highest BCUT2D eigenvalue weighted by Crippen LogP contribution is 2.23. The maximum absolute atomic E-state index is 12.3. The van der Waals surface area contributed by atoms with Gasteiger partial charge in [-0.2, -0.15) is 13.2 Å². The molecule has 0 saturated heterocycles. The molecule has 6 heteroatoms. The van der Waals surface area contributed by atoms with Crippen LogP contribution in [0.4, 0.5) is 13.2 Å². The van der Waals surface area contributed by atoms with Crippen LogP contribution >= 0.6 is 11.6 Å². The quantitative estimate of drug-likeness (QED) is 0.896. The van der Waals surface area contributed by atoms with E-state index >= 15 is 0 Å². The second-order valence-electron chi connectivity index (χ2n) is 3.20. The lowest BCUT2D eigenvalue weighted by Crippen LogP contribution is -2.38. The molecule has 0 heterocycles. The molecule has 0 radical (unpaired) electrons. The van der Waals surface area contributed by atoms with E-state index in [2.05, 4.69) is 4.74 Å². The molecular formula is C10H11ClF3NO. The lowest BCUT2D eigenvalue weighted by Gasteiger charge is -2.18. The Kier molecular flexibility index (Phi) is 4.58. The fourth-order valence-corrected chi connectivity index (χ4v) is 1.20. The van der Waals surface area contributed by atoms with Crippen LogP contribution in [-0.4, -0.2) is 18.8 Å². The second-order valence-corrected chi connectivity index (χ2v) is 3.64. The van der Waals surface area contributed by atoms with Crippen LogP contribution in [0.2, 0.25) is 5.02 Å². The number of hydrogen-bond acceptors (Lipinski definition) is 2. The molecule has 0 fully saturated rings. The van der Waals surface area contributed by atoms with Crippen molar-refractivity contribution in [2.75, 3.05) is 6.54 Å². The van der Waals surface area contributed by atoms with E-state index < -0.39 is 18.8 Å². The zero-order valence-corrected chi connectivity index (χ0v) is 9.05. The highest BCUT2D eigenvalue weighted by atomic mass is 35.5. The summed E-state index contributed by atoms with van der Waals surface area (Å²) in [7, 11) is 0. The third kappa shape index (κ3) is 4.00. The Hall–Kier alpha value is -0.780. The van der Waals surface area contributed by atoms with Crippen LogP contribution in [0.3, 0.4) is 0 Å². The second kappa shape index (κ2) is 5.52. The Balaban J connectivity index is 2.53. The largest absolute Gasteiger partial charge is 0.415 e. The van der Waals surface area contributed by atoms with Crippen LogP contribution in [-0.2, 0) is 11.3 Å². The van der Waals surface area contributed by atoms with Gasteiger partial charge in [0, 0.05) is 11.6 Å². The molecule has 1 rings (SSSR count). The van der Waals surface area contributed by atoms with Crippen molar-refractivity contribution in [1.82, 2.24) is 0 Å². The van der Waals surface area contributed by atoms with Crippen LogP contribution in [0.25, 0.3) is 0 Å². The van der Waals surface area contributed by atoms with E-state index in [0.29, 0.717) is 10.6 Å². The predicted molar refractivity (Wildman–Crippen MR) is 55.1 cm³/mol. The molecule has 2 N–H and O–H groups in total. The smallest absolute Gasteiger partial charge is 0.363 e. The summed E-state index contributed by atoms with van der Waals surface area (Å²) in [4.78, 5) is 0. The minimum Gasteiger partial charge on any atom is -0.363 e. The highest BCUT2D eigenvalue weighted by molar-refractivity contribution is 6.30. The zero-order chi connectivity index (χ0) is 12.2. The summed E-state index contributed by atoms with van der Waals surface area (Å²) >= 11 is 5.63. The molecule has 1 unspecified atom stereocenters. The topological polar surface area (TPSA) is 35.2 Å². The molecule has 0 spiro atoms. The maximum Gasteiger partial charge on any atom is 0.415 e. The Labute approximate surface area is 96.1 Å². The molecule has 1 aromatic rings. The number of ether oxygens (including phenoxy) is 1. The van der Waals surface area contributed by atoms with E-state index in [-0.39, 0.29) is 6.61 Å². The molecule has 0 aliphatic rings. The molecule has 0 saturated carbocycles. The van der Waals surface area contributed by atoms with Crippen LogP contribution in [0.1, 0.15) is 5.56 Å². The molecule has 0 aliphatic heterocycles. The van der Waals surface area contributed by atoms with Crippen molar-refractivity contribution in [3.8, 4) is 0 Å². The summed E-state index contributed by atoms with van der Waals surface area (Å²) in [6.07, 6.45) is -6.36. The standard InChI is InChI=1S/C10H11ClF3NO/c11-8-3-1-7(2-4-8)6-16-9(5-15)10(12,13)14/h1-4,9H,5-6,15H2. The first-order chi connectivity index (χ1) is 7.43. The van der Waals surface area contributed by atoms with Gasteiger partial charge in [-0.3, -0.25) is 0 Å². The van der Waals surface area contributed by atoms with Crippen molar-refractivity contribution in [2.45, 2.75) is 18.9 Å². The summed E-state index contributed by atoms with van der Waals surface area (Å²) in [5.41, 5.74) is 5.60. The Morgan fingerprint density at radius 3 is 2.25 bits per heavy atom. The zero-order valence-electron chi connectivity index (χ0n) is 8.30. The Morgan fingerprint density at radius 1 is 1.25 bits per heavy atom. The van der Waals surface area contributed by atoms with Gasteiger partial charge in [-0.15, -0.1) is 0 Å². The summed E-state index contributed by atoms with van der Waals surface area (Å²) < 4.78 is 41.5. The number of hydrogen-bond donors (Lipinski definition) is 1. The molecule has 1 atom stereocenters. The average Bonchev–Trinajstić information content (AvgIpc) is 2.19. The van der Waals surface area contributed by atoms with Crippen molar-refractivity contribution in [3.63, 3.8) is 0 Å². The van der Waals surface area contributed by atoms with Gasteiger partial charge in [0.25, 0.3) is 0 Å². The Morgan fingerprint density at radius 2 is 1.81 bits per heavy atom. The van der Waals surface area contributed by atoms with Gasteiger partial charge in [-0.1, -0.05) is 23.7 Å². The number of alkyl halides is 3. The fraction of sp³-hybridized carbons (Fsp3) is 0.400. The van der Waals surface area contributed by atoms with Crippen LogP contribution in [0, 0.1) is 0 Å². The fourth-order valence-electron chi connectivity index (χ4n) is 1.07. The van der Waals surface area contributed by atoms with Crippen molar-refractivity contribution >= 4 is 11.6 Å². The van der Waals surface area contributed by atoms with E-state index in [1.807, 2.05) is 0 Å². The van der Waals surface area contributed by atoms with Gasteiger partial charge in [0.05, 0.1) is 6.61 Å². The lowest BCUT2D eigenvalue weighted by molar-refractivity contribution is -0.219. The number of halogens is 4. The van der Waals surface area contributed by atoms with Gasteiger partial charge in [0.2, 0.25) is 0 Å². The lowest BCUT2D eigenvalue weighted by atomic mass is 10.2. The summed E-state index contributed by atoms with van der Waals surface area (Å²) in [6.45, 7) is -0.727. The number of rotatable bonds is 4. The van der Waals surface area contributed by atoms with E-state index in [1.165, 1.54) is 0 Å². The summed E-state index contributed by atoms with van der Waals surface area (Å²) in [5, 5.41) is 0.523. The number of nitrogens with two attached hydrogens (primary N) is 1. The van der Waals surface area contributed by atoms with Crippen molar-refractivity contribution < 1.29 is 17.9 Å². The molecular weight excluding hydrogens is 243 g/mol. The average molecular weight is 254 g/mol. The van der Waals surface area contributed by atoms with Crippen molar-refractivity contribution in [3.05, 3.63) is 34.9 Å². The Bertz CT molecular complexity index is 326. The third-order valence-corrected chi connectivity index (χ3v) is 2.20. The minimum atomic E-state index is -4.43. The van der Waals surface area contributed by atoms with Gasteiger partial charge in [-0.25, -0.2) is 0 Å². The van der Waals surface area contributed by atoms with Crippen molar-refractivity contribution in [1.29, 1.82) is 0 Å². The van der Waals surface area contributed by atoms with Crippen LogP contribution in [0.15, 0.2) is 24.3 Å². The van der Waals surface area contributed by atoms with E-state index in [4.69, 9.17) is 17.3 Å². The molecule has 90 valence electrons. The first-order valence-corrected chi connectivity index (χ1v) is 4.94. The van der Waals surface area contributed by atoms with Crippen LogP contribution < -0.4 is 5.73 Å².